The van der Waals surface area contributed by atoms with Crippen molar-refractivity contribution < 1.29 is 9.72 Å². The molecule has 1 aromatic heterocycles. The SMILES string of the molecule is CNC(=O)Cn1cnc([N+](=O)[O-])c1. The maximum Gasteiger partial charge on any atom is 0.381 e. The first-order valence-electron chi connectivity index (χ1n) is 3.50. The Morgan fingerprint density at radius 1 is 1.85 bits per heavy atom. The Morgan fingerprint density at radius 3 is 3.00 bits per heavy atom. The number of hydrogen-bond donors (Lipinski definition) is 1. The first kappa shape index (κ1) is 9.17. The van der Waals surface area contributed by atoms with Gasteiger partial charge in [0.1, 0.15) is 12.7 Å². The average molecular weight is 184 g/mol. The van der Waals surface area contributed by atoms with Gasteiger partial charge in [-0.25, -0.2) is 0 Å². The van der Waals surface area contributed by atoms with Crippen LogP contribution in [-0.2, 0) is 11.3 Å². The van der Waals surface area contributed by atoms with E-state index in [1.54, 1.807) is 0 Å². The molecule has 0 aliphatic heterocycles. The predicted octanol–water partition coefficient (Wildman–Crippen LogP) is -0.463. The van der Waals surface area contributed by atoms with Gasteiger partial charge in [0.25, 0.3) is 0 Å². The summed E-state index contributed by atoms with van der Waals surface area (Å²) >= 11 is 0. The van der Waals surface area contributed by atoms with Gasteiger partial charge in [-0.3, -0.25) is 4.79 Å². The Morgan fingerprint density at radius 2 is 2.54 bits per heavy atom. The zero-order valence-electron chi connectivity index (χ0n) is 6.93. The van der Waals surface area contributed by atoms with Crippen molar-refractivity contribution in [2.45, 2.75) is 6.54 Å². The van der Waals surface area contributed by atoms with Gasteiger partial charge in [0.2, 0.25) is 12.2 Å². The third-order valence-electron chi connectivity index (χ3n) is 1.41. The van der Waals surface area contributed by atoms with E-state index in [1.165, 1.54) is 24.1 Å². The standard InChI is InChI=1S/C6H8N4O3/c1-7-6(11)3-9-2-5(8-4-9)10(12)13/h2,4H,3H2,1H3,(H,7,11). The molecular formula is C6H8N4O3. The van der Waals surface area contributed by atoms with Crippen LogP contribution in [0.15, 0.2) is 12.5 Å². The van der Waals surface area contributed by atoms with Gasteiger partial charge in [-0.05, 0) is 9.91 Å². The number of carbonyl (C=O) groups excluding carboxylic acids is 1. The first-order valence-corrected chi connectivity index (χ1v) is 3.50. The molecule has 70 valence electrons. The summed E-state index contributed by atoms with van der Waals surface area (Å²) < 4.78 is 1.34. The van der Waals surface area contributed by atoms with Crippen LogP contribution in [0.25, 0.3) is 0 Å². The molecule has 7 nitrogen and oxygen atoms in total. The van der Waals surface area contributed by atoms with Crippen LogP contribution in [0.1, 0.15) is 0 Å². The lowest BCUT2D eigenvalue weighted by Gasteiger charge is -1.96. The number of rotatable bonds is 3. The van der Waals surface area contributed by atoms with Gasteiger partial charge in [0.05, 0.1) is 0 Å². The summed E-state index contributed by atoms with van der Waals surface area (Å²) in [6.45, 7) is 0.0390. The molecule has 13 heavy (non-hydrogen) atoms. The number of amides is 1. The van der Waals surface area contributed by atoms with Crippen molar-refractivity contribution in [3.8, 4) is 0 Å². The highest BCUT2D eigenvalue weighted by molar-refractivity contribution is 5.75. The molecular weight excluding hydrogens is 176 g/mol. The third kappa shape index (κ3) is 2.26. The highest BCUT2D eigenvalue weighted by atomic mass is 16.6. The van der Waals surface area contributed by atoms with Crippen molar-refractivity contribution in [3.05, 3.63) is 22.6 Å². The lowest BCUT2D eigenvalue weighted by molar-refractivity contribution is -0.389. The monoisotopic (exact) mass is 184 g/mol. The van der Waals surface area contributed by atoms with Crippen molar-refractivity contribution >= 4 is 11.7 Å². The van der Waals surface area contributed by atoms with Gasteiger partial charge < -0.3 is 20.0 Å². The minimum Gasteiger partial charge on any atom is -0.358 e. The summed E-state index contributed by atoms with van der Waals surface area (Å²) in [5.41, 5.74) is 0. The van der Waals surface area contributed by atoms with E-state index >= 15 is 0 Å². The van der Waals surface area contributed by atoms with E-state index in [2.05, 4.69) is 10.3 Å². The molecule has 0 aliphatic carbocycles. The fourth-order valence-electron chi connectivity index (χ4n) is 0.774. The van der Waals surface area contributed by atoms with Gasteiger partial charge >= 0.3 is 5.82 Å². The van der Waals surface area contributed by atoms with Gasteiger partial charge in [-0.15, -0.1) is 0 Å². The molecule has 1 aromatic rings. The summed E-state index contributed by atoms with van der Waals surface area (Å²) in [6, 6.07) is 0. The zero-order valence-corrected chi connectivity index (χ0v) is 6.93. The summed E-state index contributed by atoms with van der Waals surface area (Å²) in [6.07, 6.45) is 2.45. The van der Waals surface area contributed by atoms with E-state index in [4.69, 9.17) is 0 Å². The van der Waals surface area contributed by atoms with Crippen LogP contribution in [0.4, 0.5) is 5.82 Å². The number of imidazole rings is 1. The quantitative estimate of drug-likeness (QED) is 0.508. The number of nitrogens with one attached hydrogen (secondary N) is 1. The number of hydrogen-bond acceptors (Lipinski definition) is 4. The van der Waals surface area contributed by atoms with Crippen molar-refractivity contribution in [1.82, 2.24) is 14.9 Å². The second-order valence-electron chi connectivity index (χ2n) is 2.33. The van der Waals surface area contributed by atoms with Crippen molar-refractivity contribution in [2.75, 3.05) is 7.05 Å². The van der Waals surface area contributed by atoms with Crippen LogP contribution in [0.3, 0.4) is 0 Å². The molecule has 0 aliphatic rings. The minimum atomic E-state index is -0.611. The summed E-state index contributed by atoms with van der Waals surface area (Å²) in [7, 11) is 1.49. The Balaban J connectivity index is 2.69. The molecule has 0 unspecified atom stereocenters. The van der Waals surface area contributed by atoms with Crippen LogP contribution in [0.5, 0.6) is 0 Å². The van der Waals surface area contributed by atoms with Crippen molar-refractivity contribution in [1.29, 1.82) is 0 Å². The molecule has 1 heterocycles. The average Bonchev–Trinajstić information content (AvgIpc) is 2.52. The molecule has 1 amide bonds. The maximum atomic E-state index is 10.8. The van der Waals surface area contributed by atoms with Gasteiger partial charge in [0, 0.05) is 7.05 Å². The maximum absolute atomic E-state index is 10.8. The second kappa shape index (κ2) is 3.65. The molecule has 0 fully saturated rings. The Labute approximate surface area is 73.5 Å². The van der Waals surface area contributed by atoms with E-state index < -0.39 is 4.92 Å². The molecule has 0 spiro atoms. The number of nitrogens with zero attached hydrogens (tertiary/aromatic N) is 3. The van der Waals surface area contributed by atoms with Gasteiger partial charge in [0.15, 0.2) is 0 Å². The van der Waals surface area contributed by atoms with E-state index in [0.717, 1.165) is 0 Å². The molecule has 0 radical (unpaired) electrons. The lowest BCUT2D eigenvalue weighted by atomic mass is 10.6. The number of nitro groups is 1. The number of likely N-dealkylation sites (N-methyl/N-ethyl adjacent to an activating group) is 1. The molecule has 0 aromatic carbocycles. The fourth-order valence-corrected chi connectivity index (χ4v) is 0.774. The minimum absolute atomic E-state index is 0.0390. The largest absolute Gasteiger partial charge is 0.381 e. The number of aromatic nitrogens is 2. The van der Waals surface area contributed by atoms with E-state index in [0.29, 0.717) is 0 Å². The zero-order chi connectivity index (χ0) is 9.84. The third-order valence-corrected chi connectivity index (χ3v) is 1.41. The van der Waals surface area contributed by atoms with Crippen LogP contribution >= 0.6 is 0 Å². The Kier molecular flexibility index (Phi) is 2.58. The highest BCUT2D eigenvalue weighted by Gasteiger charge is 2.10. The van der Waals surface area contributed by atoms with E-state index in [9.17, 15) is 14.9 Å². The van der Waals surface area contributed by atoms with Crippen LogP contribution in [0, 0.1) is 10.1 Å². The lowest BCUT2D eigenvalue weighted by Crippen LogP contribution is -2.22. The molecule has 7 heteroatoms. The molecule has 1 rings (SSSR count). The number of carbonyl (C=O) groups is 1. The molecule has 0 bridgehead atoms. The smallest absolute Gasteiger partial charge is 0.358 e. The second-order valence-corrected chi connectivity index (χ2v) is 2.33. The molecule has 0 saturated heterocycles. The molecule has 0 atom stereocenters. The Bertz CT molecular complexity index is 332. The summed E-state index contributed by atoms with van der Waals surface area (Å²) in [5, 5.41) is 12.6. The van der Waals surface area contributed by atoms with Crippen LogP contribution in [0.2, 0.25) is 0 Å². The van der Waals surface area contributed by atoms with Crippen molar-refractivity contribution in [2.24, 2.45) is 0 Å². The predicted molar refractivity (Wildman–Crippen MR) is 42.9 cm³/mol. The van der Waals surface area contributed by atoms with Gasteiger partial charge in [-0.2, -0.15) is 0 Å². The topological polar surface area (TPSA) is 90.1 Å². The van der Waals surface area contributed by atoms with E-state index in [1.807, 2.05) is 0 Å². The van der Waals surface area contributed by atoms with Crippen LogP contribution < -0.4 is 5.32 Å². The first-order chi connectivity index (χ1) is 6.13. The van der Waals surface area contributed by atoms with Gasteiger partial charge in [-0.1, -0.05) is 0 Å². The van der Waals surface area contributed by atoms with E-state index in [-0.39, 0.29) is 18.3 Å². The highest BCUT2D eigenvalue weighted by Crippen LogP contribution is 2.04. The summed E-state index contributed by atoms with van der Waals surface area (Å²) in [5.74, 6) is -0.490. The fraction of sp³-hybridized carbons (Fsp3) is 0.333. The summed E-state index contributed by atoms with van der Waals surface area (Å²) in [4.78, 5) is 23.9. The molecule has 1 N–H and O–H groups in total. The van der Waals surface area contributed by atoms with Crippen molar-refractivity contribution in [3.63, 3.8) is 0 Å². The normalized spacial score (nSPS) is 9.62. The Hall–Kier alpha value is -1.92. The van der Waals surface area contributed by atoms with Crippen LogP contribution in [-0.4, -0.2) is 27.4 Å². The molecule has 0 saturated carbocycles.